The molecule has 46 heavy (non-hydrogen) atoms. The highest BCUT2D eigenvalue weighted by Gasteiger charge is 2.34. The lowest BCUT2D eigenvalue weighted by Crippen LogP contribution is -2.59. The fraction of sp³-hybridized carbons (Fsp3) is 0.457. The molecule has 3 aromatic rings. The van der Waals surface area contributed by atoms with Gasteiger partial charge in [0.25, 0.3) is 0 Å². The molecule has 1 heterocycles. The summed E-state index contributed by atoms with van der Waals surface area (Å²) in [5, 5.41) is 11.5. The normalized spacial score (nSPS) is 13.8. The van der Waals surface area contributed by atoms with Crippen LogP contribution >= 0.6 is 0 Å². The molecule has 0 fully saturated rings. The summed E-state index contributed by atoms with van der Waals surface area (Å²) in [7, 11) is 0. The Balaban J connectivity index is 1.65. The smallest absolute Gasteiger partial charge is 0.408 e. The van der Waals surface area contributed by atoms with Crippen LogP contribution in [-0.4, -0.2) is 52.8 Å². The summed E-state index contributed by atoms with van der Waals surface area (Å²) in [5.41, 5.74) is 2.44. The third-order valence-electron chi connectivity index (χ3n) is 7.86. The Hall–Kier alpha value is -4.67. The van der Waals surface area contributed by atoms with E-state index in [0.29, 0.717) is 12.8 Å². The lowest BCUT2D eigenvalue weighted by molar-refractivity contribution is -0.136. The molecular formula is C35H47N5O6. The number of carbonyl (C=O) groups is 5. The van der Waals surface area contributed by atoms with Crippen molar-refractivity contribution in [3.63, 3.8) is 0 Å². The van der Waals surface area contributed by atoms with Crippen molar-refractivity contribution in [1.29, 1.82) is 0 Å². The van der Waals surface area contributed by atoms with Crippen molar-refractivity contribution in [3.05, 3.63) is 71.9 Å². The predicted octanol–water partition coefficient (Wildman–Crippen LogP) is 4.37. The highest BCUT2D eigenvalue weighted by molar-refractivity contribution is 6.02. The first-order chi connectivity index (χ1) is 21.9. The molecule has 1 aromatic heterocycles. The van der Waals surface area contributed by atoms with Gasteiger partial charge in [-0.2, -0.15) is 0 Å². The predicted molar refractivity (Wildman–Crippen MR) is 176 cm³/mol. The number of benzene rings is 2. The summed E-state index contributed by atoms with van der Waals surface area (Å²) in [5.74, 6) is -2.83. The van der Waals surface area contributed by atoms with E-state index in [2.05, 4.69) is 26.3 Å². The third kappa shape index (κ3) is 10.5. The number of nitrogens with one attached hydrogen (secondary N) is 5. The van der Waals surface area contributed by atoms with Crippen molar-refractivity contribution in [2.24, 2.45) is 17.8 Å². The molecule has 0 bridgehead atoms. The van der Waals surface area contributed by atoms with Gasteiger partial charge in [-0.1, -0.05) is 96.5 Å². The van der Waals surface area contributed by atoms with Crippen LogP contribution in [0.15, 0.2) is 60.8 Å². The minimum atomic E-state index is -1.01. The molecule has 0 aliphatic heterocycles. The van der Waals surface area contributed by atoms with Gasteiger partial charge in [0.1, 0.15) is 24.7 Å². The maximum Gasteiger partial charge on any atom is 0.408 e. The minimum Gasteiger partial charge on any atom is -0.445 e. The van der Waals surface area contributed by atoms with Gasteiger partial charge in [-0.15, -0.1) is 0 Å². The van der Waals surface area contributed by atoms with Gasteiger partial charge >= 0.3 is 6.09 Å². The second-order valence-electron chi connectivity index (χ2n) is 12.4. The average molecular weight is 634 g/mol. The van der Waals surface area contributed by atoms with E-state index >= 15 is 0 Å². The molecule has 0 spiro atoms. The van der Waals surface area contributed by atoms with Crippen molar-refractivity contribution in [2.75, 3.05) is 0 Å². The largest absolute Gasteiger partial charge is 0.445 e. The molecule has 11 heteroatoms. The van der Waals surface area contributed by atoms with E-state index in [1.54, 1.807) is 27.0 Å². The second kappa shape index (κ2) is 17.1. The molecule has 11 nitrogen and oxygen atoms in total. The van der Waals surface area contributed by atoms with E-state index in [-0.39, 0.29) is 30.8 Å². The Kier molecular flexibility index (Phi) is 13.3. The molecule has 0 aliphatic carbocycles. The van der Waals surface area contributed by atoms with Crippen LogP contribution in [0.4, 0.5) is 4.79 Å². The zero-order valence-corrected chi connectivity index (χ0v) is 27.5. The summed E-state index contributed by atoms with van der Waals surface area (Å²) in [6, 6.07) is 13.8. The molecule has 248 valence electrons. The maximum atomic E-state index is 13.6. The molecule has 2 aromatic carbocycles. The van der Waals surface area contributed by atoms with Gasteiger partial charge in [-0.25, -0.2) is 4.79 Å². The monoisotopic (exact) mass is 633 g/mol. The fourth-order valence-electron chi connectivity index (χ4n) is 5.05. The lowest BCUT2D eigenvalue weighted by atomic mass is 9.96. The number of ether oxygens (including phenoxy) is 1. The summed E-state index contributed by atoms with van der Waals surface area (Å²) in [4.78, 5) is 68.9. The number of carbonyl (C=O) groups excluding carboxylic acids is 5. The molecule has 3 rings (SSSR count). The van der Waals surface area contributed by atoms with E-state index < -0.39 is 47.8 Å². The molecule has 4 atom stereocenters. The first kappa shape index (κ1) is 35.8. The van der Waals surface area contributed by atoms with Crippen molar-refractivity contribution in [2.45, 2.75) is 85.5 Å². The number of rotatable bonds is 15. The third-order valence-corrected chi connectivity index (χ3v) is 7.86. The van der Waals surface area contributed by atoms with E-state index in [0.717, 1.165) is 22.0 Å². The van der Waals surface area contributed by atoms with Gasteiger partial charge in [0.2, 0.25) is 23.6 Å². The van der Waals surface area contributed by atoms with E-state index in [1.165, 1.54) is 0 Å². The number of hydrogen-bond donors (Lipinski definition) is 5. The van der Waals surface area contributed by atoms with Crippen LogP contribution < -0.4 is 21.3 Å². The summed E-state index contributed by atoms with van der Waals surface area (Å²) >= 11 is 0. The van der Waals surface area contributed by atoms with Crippen LogP contribution in [0.2, 0.25) is 0 Å². The van der Waals surface area contributed by atoms with Crippen LogP contribution in [0.5, 0.6) is 0 Å². The zero-order chi connectivity index (χ0) is 33.8. The van der Waals surface area contributed by atoms with Crippen molar-refractivity contribution in [3.8, 4) is 0 Å². The number of aromatic amines is 1. The van der Waals surface area contributed by atoms with E-state index in [9.17, 15) is 24.0 Å². The number of alkyl carbamates (subject to hydrolysis) is 1. The van der Waals surface area contributed by atoms with Gasteiger partial charge < -0.3 is 25.7 Å². The molecule has 0 unspecified atom stereocenters. The Bertz CT molecular complexity index is 1480. The quantitative estimate of drug-likeness (QED) is 0.167. The molecule has 0 aliphatic rings. The maximum absolute atomic E-state index is 13.6. The Labute approximate surface area is 270 Å². The summed E-state index contributed by atoms with van der Waals surface area (Å²) in [6.07, 6.45) is 1.85. The molecular weight excluding hydrogens is 586 g/mol. The number of para-hydroxylation sites is 1. The number of fused-ring (bicyclic) bond motifs is 1. The van der Waals surface area contributed by atoms with Crippen molar-refractivity contribution in [1.82, 2.24) is 26.3 Å². The Morgan fingerprint density at radius 3 is 2.09 bits per heavy atom. The highest BCUT2D eigenvalue weighted by atomic mass is 16.5. The number of aromatic nitrogens is 1. The van der Waals surface area contributed by atoms with Gasteiger partial charge in [0.15, 0.2) is 0 Å². The molecule has 5 amide bonds. The average Bonchev–Trinajstić information content (AvgIpc) is 3.42. The van der Waals surface area contributed by atoms with Gasteiger partial charge in [-0.05, 0) is 41.4 Å². The summed E-state index contributed by atoms with van der Waals surface area (Å²) in [6.45, 7) is 11.1. The first-order valence-electron chi connectivity index (χ1n) is 15.9. The van der Waals surface area contributed by atoms with Gasteiger partial charge in [0.05, 0.1) is 6.42 Å². The highest BCUT2D eigenvalue weighted by Crippen LogP contribution is 2.18. The zero-order valence-electron chi connectivity index (χ0n) is 27.5. The molecule has 0 saturated carbocycles. The summed E-state index contributed by atoms with van der Waals surface area (Å²) < 4.78 is 5.31. The number of hydrogen-bond acceptors (Lipinski definition) is 6. The van der Waals surface area contributed by atoms with Crippen molar-refractivity contribution >= 4 is 40.6 Å². The first-order valence-corrected chi connectivity index (χ1v) is 15.9. The second-order valence-corrected chi connectivity index (χ2v) is 12.4. The number of imide groups is 1. The van der Waals surface area contributed by atoms with Gasteiger partial charge in [0, 0.05) is 17.1 Å². The Morgan fingerprint density at radius 1 is 0.783 bits per heavy atom. The van der Waals surface area contributed by atoms with Crippen molar-refractivity contribution < 1.29 is 28.7 Å². The van der Waals surface area contributed by atoms with E-state index in [1.807, 2.05) is 75.4 Å². The Morgan fingerprint density at radius 2 is 1.43 bits per heavy atom. The fourth-order valence-corrected chi connectivity index (χ4v) is 5.05. The van der Waals surface area contributed by atoms with Gasteiger partial charge in [-0.3, -0.25) is 24.5 Å². The number of amides is 5. The van der Waals surface area contributed by atoms with Crippen LogP contribution in [0, 0.1) is 17.8 Å². The van der Waals surface area contributed by atoms with Crippen LogP contribution in [0.3, 0.4) is 0 Å². The molecule has 5 N–H and O–H groups in total. The molecule has 0 saturated heterocycles. The SMILES string of the molecule is CC[C@H](C)[C@H](NC(=O)[C@@H](NC(=O)[C@H](CC(C)C)NC(=O)OCc1ccccc1)C(C)C)C(=O)NC(=O)Cc1c[nH]c2ccccc12. The topological polar surface area (TPSA) is 158 Å². The standard InChI is InChI=1S/C35H47N5O6/c1-7-23(6)31(34(44)38-29(41)18-25-19-36-27-16-12-11-15-26(25)27)40-33(43)30(22(4)5)39-32(42)28(17-21(2)3)37-35(45)46-20-24-13-9-8-10-14-24/h8-16,19,21-23,28,30-31,36H,7,17-18,20H2,1-6H3,(H,37,45)(H,39,42)(H,40,43)(H,38,41,44)/t23-,28-,30-,31-/m0/s1. The number of H-pyrrole nitrogens is 1. The minimum absolute atomic E-state index is 0.0143. The van der Waals surface area contributed by atoms with E-state index in [4.69, 9.17) is 4.74 Å². The molecule has 0 radical (unpaired) electrons. The van der Waals surface area contributed by atoms with Crippen LogP contribution in [-0.2, 0) is 36.9 Å². The van der Waals surface area contributed by atoms with Crippen LogP contribution in [0.1, 0.15) is 65.5 Å². The lowest BCUT2D eigenvalue weighted by Gasteiger charge is -2.29. The van der Waals surface area contributed by atoms with Crippen LogP contribution in [0.25, 0.3) is 10.9 Å².